The molecule has 8 aromatic rings. The first-order valence-corrected chi connectivity index (χ1v) is 16.7. The van der Waals surface area contributed by atoms with E-state index in [4.69, 9.17) is 14.5 Å². The van der Waals surface area contributed by atoms with Crippen molar-refractivity contribution in [3.05, 3.63) is 163 Å². The van der Waals surface area contributed by atoms with E-state index in [1.54, 1.807) is 0 Å². The molecule has 2 aromatic heterocycles. The molecule has 0 aliphatic carbocycles. The maximum absolute atomic E-state index is 6.85. The van der Waals surface area contributed by atoms with E-state index >= 15 is 0 Å². The Hall–Kier alpha value is -5.64. The topological polar surface area (TPSA) is 39.5 Å². The monoisotopic (exact) mass is 841 g/mol. The molecule has 6 heteroatoms. The molecule has 0 bridgehead atoms. The molecule has 0 unspecified atom stereocenters. The number of fused-ring (bicyclic) bond motifs is 6. The molecule has 6 aromatic carbocycles. The summed E-state index contributed by atoms with van der Waals surface area (Å²) >= 11 is 0. The summed E-state index contributed by atoms with van der Waals surface area (Å²) < 4.78 is 15.7. The molecule has 1 aliphatic heterocycles. The summed E-state index contributed by atoms with van der Waals surface area (Å²) in [5.41, 5.74) is 7.30. The Bertz CT molecular complexity index is 2550. The van der Waals surface area contributed by atoms with E-state index in [1.807, 2.05) is 79.0 Å². The molecule has 0 amide bonds. The van der Waals surface area contributed by atoms with Gasteiger partial charge in [-0.15, -0.1) is 24.3 Å². The Balaban J connectivity index is 0.00000374. The molecular formula is C45H32N3O2Pt-3. The molecule has 252 valence electrons. The van der Waals surface area contributed by atoms with Crippen molar-refractivity contribution in [1.82, 2.24) is 9.55 Å². The fourth-order valence-electron chi connectivity index (χ4n) is 6.66. The van der Waals surface area contributed by atoms with Gasteiger partial charge in [0.2, 0.25) is 0 Å². The number of benzene rings is 6. The normalized spacial score (nSPS) is 12.3. The van der Waals surface area contributed by atoms with E-state index in [1.165, 1.54) is 5.56 Å². The second-order valence-corrected chi connectivity index (χ2v) is 13.4. The predicted octanol–water partition coefficient (Wildman–Crippen LogP) is 11.9. The van der Waals surface area contributed by atoms with Gasteiger partial charge in [-0.3, -0.25) is 0 Å². The van der Waals surface area contributed by atoms with E-state index in [2.05, 4.69) is 109 Å². The quantitative estimate of drug-likeness (QED) is 0.166. The molecule has 0 atom stereocenters. The van der Waals surface area contributed by atoms with Crippen molar-refractivity contribution >= 4 is 38.9 Å². The SMILES string of the molecule is CC(C)(C)c1ccnc(-n2c3[c-]c4c(cc3c3ccccc32)Oc2ccccc2Oc2ccccc2N4c2[c-]c(-c3[c-]cccc3)ccc2)c1.[Pt]. The minimum Gasteiger partial charge on any atom is -0.511 e. The maximum Gasteiger partial charge on any atom is 0.168 e. The Labute approximate surface area is 312 Å². The van der Waals surface area contributed by atoms with Crippen LogP contribution in [0.5, 0.6) is 23.0 Å². The summed E-state index contributed by atoms with van der Waals surface area (Å²) in [6.45, 7) is 6.67. The van der Waals surface area contributed by atoms with Gasteiger partial charge < -0.3 is 18.9 Å². The van der Waals surface area contributed by atoms with Gasteiger partial charge in [-0.25, -0.2) is 16.1 Å². The second kappa shape index (κ2) is 12.9. The van der Waals surface area contributed by atoms with Crippen molar-refractivity contribution in [3.63, 3.8) is 0 Å². The van der Waals surface area contributed by atoms with Crippen LogP contribution in [-0.4, -0.2) is 9.55 Å². The number of hydrogen-bond donors (Lipinski definition) is 0. The van der Waals surface area contributed by atoms with Crippen LogP contribution in [0.3, 0.4) is 0 Å². The largest absolute Gasteiger partial charge is 0.511 e. The number of para-hydroxylation sites is 5. The third-order valence-corrected chi connectivity index (χ3v) is 9.14. The number of nitrogens with zero attached hydrogens (tertiary/aromatic N) is 3. The van der Waals surface area contributed by atoms with E-state index in [9.17, 15) is 0 Å². The third-order valence-electron chi connectivity index (χ3n) is 9.14. The molecule has 0 saturated carbocycles. The van der Waals surface area contributed by atoms with Crippen molar-refractivity contribution in [3.8, 4) is 39.9 Å². The molecule has 3 heterocycles. The molecule has 0 fully saturated rings. The van der Waals surface area contributed by atoms with Crippen LogP contribution >= 0.6 is 0 Å². The zero-order valence-corrected chi connectivity index (χ0v) is 30.5. The van der Waals surface area contributed by atoms with Crippen LogP contribution in [0.2, 0.25) is 0 Å². The Morgan fingerprint density at radius 2 is 1.33 bits per heavy atom. The Morgan fingerprint density at radius 1 is 0.627 bits per heavy atom. The molecular weight excluding hydrogens is 810 g/mol. The average Bonchev–Trinajstić information content (AvgIpc) is 3.48. The standard InChI is InChI=1S/C45H32N3O2.Pt/c1-45(2,3)32-24-25-46-44(27-32)48-36-19-8-7-18-34(36)35-28-43-39(29-38(35)48)47(33-17-13-16-31(26-33)30-14-5-4-6-15-30)37-20-9-10-21-40(37)49-41-22-11-12-23-42(41)50-43;/h4-14,16-25,27-28H,1-3H3;/q-3;. The van der Waals surface area contributed by atoms with Crippen molar-refractivity contribution in [2.45, 2.75) is 26.2 Å². The van der Waals surface area contributed by atoms with Gasteiger partial charge in [0.05, 0.1) is 5.69 Å². The summed E-state index contributed by atoms with van der Waals surface area (Å²) in [7, 11) is 0. The summed E-state index contributed by atoms with van der Waals surface area (Å²) in [5, 5.41) is 2.09. The Kier molecular flexibility index (Phi) is 8.24. The molecule has 0 radical (unpaired) electrons. The molecule has 0 saturated heterocycles. The number of hydrogen-bond acceptors (Lipinski definition) is 4. The molecule has 0 N–H and O–H groups in total. The number of pyridine rings is 1. The van der Waals surface area contributed by atoms with Gasteiger partial charge in [-0.1, -0.05) is 74.1 Å². The number of anilines is 3. The minimum atomic E-state index is -0.0491. The second-order valence-electron chi connectivity index (χ2n) is 13.4. The van der Waals surface area contributed by atoms with Crippen LogP contribution in [0, 0.1) is 18.2 Å². The molecule has 0 spiro atoms. The fraction of sp³-hybridized carbons (Fsp3) is 0.0889. The number of ether oxygens (including phenoxy) is 2. The smallest absolute Gasteiger partial charge is 0.168 e. The van der Waals surface area contributed by atoms with Crippen LogP contribution in [0.15, 0.2) is 140 Å². The maximum atomic E-state index is 6.85. The van der Waals surface area contributed by atoms with Crippen molar-refractivity contribution in [2.75, 3.05) is 4.90 Å². The van der Waals surface area contributed by atoms with Gasteiger partial charge in [-0.05, 0) is 70.2 Å². The van der Waals surface area contributed by atoms with Crippen molar-refractivity contribution < 1.29 is 30.5 Å². The van der Waals surface area contributed by atoms with Gasteiger partial charge in [0, 0.05) is 38.5 Å². The first-order chi connectivity index (χ1) is 24.4. The third kappa shape index (κ3) is 5.78. The van der Waals surface area contributed by atoms with E-state index in [0.29, 0.717) is 28.7 Å². The fourth-order valence-corrected chi connectivity index (χ4v) is 6.66. The van der Waals surface area contributed by atoms with Gasteiger partial charge in [0.25, 0.3) is 0 Å². The number of aromatic nitrogens is 2. The Morgan fingerprint density at radius 3 is 2.12 bits per heavy atom. The molecule has 51 heavy (non-hydrogen) atoms. The van der Waals surface area contributed by atoms with Crippen LogP contribution < -0.4 is 14.4 Å². The summed E-state index contributed by atoms with van der Waals surface area (Å²) in [4.78, 5) is 7.04. The first kappa shape index (κ1) is 32.6. The first-order valence-electron chi connectivity index (χ1n) is 16.7. The van der Waals surface area contributed by atoms with E-state index in [0.717, 1.165) is 50.1 Å². The van der Waals surface area contributed by atoms with Crippen molar-refractivity contribution in [2.24, 2.45) is 0 Å². The van der Waals surface area contributed by atoms with Crippen LogP contribution in [0.4, 0.5) is 17.1 Å². The zero-order valence-electron chi connectivity index (χ0n) is 28.3. The van der Waals surface area contributed by atoms with Gasteiger partial charge in [-0.2, -0.15) is 42.5 Å². The number of rotatable bonds is 3. The van der Waals surface area contributed by atoms with Crippen LogP contribution in [0.1, 0.15) is 26.3 Å². The molecule has 9 rings (SSSR count). The van der Waals surface area contributed by atoms with Crippen LogP contribution in [-0.2, 0) is 26.5 Å². The zero-order chi connectivity index (χ0) is 33.8. The van der Waals surface area contributed by atoms with E-state index in [-0.39, 0.29) is 26.5 Å². The van der Waals surface area contributed by atoms with Crippen molar-refractivity contribution in [1.29, 1.82) is 0 Å². The van der Waals surface area contributed by atoms with Gasteiger partial charge >= 0.3 is 0 Å². The predicted molar refractivity (Wildman–Crippen MR) is 200 cm³/mol. The summed E-state index contributed by atoms with van der Waals surface area (Å²) in [6.07, 6.45) is 1.90. The summed E-state index contributed by atoms with van der Waals surface area (Å²) in [5.74, 6) is 3.37. The molecule has 5 nitrogen and oxygen atoms in total. The average molecular weight is 842 g/mol. The minimum absolute atomic E-state index is 0. The van der Waals surface area contributed by atoms with Gasteiger partial charge in [0.15, 0.2) is 17.2 Å². The molecule has 1 aliphatic rings. The van der Waals surface area contributed by atoms with E-state index < -0.39 is 0 Å². The van der Waals surface area contributed by atoms with Crippen LogP contribution in [0.25, 0.3) is 38.8 Å². The summed E-state index contributed by atoms with van der Waals surface area (Å²) in [6, 6.07) is 55.7. The van der Waals surface area contributed by atoms with Gasteiger partial charge in [0.1, 0.15) is 5.82 Å².